The third-order valence-electron chi connectivity index (χ3n) is 5.61. The van der Waals surface area contributed by atoms with Crippen LogP contribution in [0.2, 0.25) is 0 Å². The van der Waals surface area contributed by atoms with Gasteiger partial charge < -0.3 is 9.64 Å². The highest BCUT2D eigenvalue weighted by atomic mass is 16.5. The summed E-state index contributed by atoms with van der Waals surface area (Å²) in [6.45, 7) is 7.36. The molecule has 0 unspecified atom stereocenters. The normalized spacial score (nSPS) is 19.3. The molecule has 1 saturated carbocycles. The molecule has 0 spiro atoms. The number of piperazine rings is 1. The number of carbonyl (C=O) groups is 1. The van der Waals surface area contributed by atoms with Gasteiger partial charge in [0.25, 0.3) is 0 Å². The SMILES string of the molecule is CCOc1ccc(CN2CCN(C(=O)CCC3CCCC3)CC2)cc1. The first-order chi connectivity index (χ1) is 12.2. The summed E-state index contributed by atoms with van der Waals surface area (Å²) in [4.78, 5) is 16.9. The van der Waals surface area contributed by atoms with E-state index in [-0.39, 0.29) is 0 Å². The van der Waals surface area contributed by atoms with E-state index in [1.54, 1.807) is 0 Å². The van der Waals surface area contributed by atoms with Gasteiger partial charge in [0.05, 0.1) is 6.61 Å². The van der Waals surface area contributed by atoms with E-state index < -0.39 is 0 Å². The number of rotatable bonds is 7. The van der Waals surface area contributed by atoms with Crippen LogP contribution in [-0.2, 0) is 11.3 Å². The van der Waals surface area contributed by atoms with Gasteiger partial charge in [0.2, 0.25) is 5.91 Å². The van der Waals surface area contributed by atoms with Crippen LogP contribution in [0.15, 0.2) is 24.3 Å². The Bertz CT molecular complexity index is 529. The van der Waals surface area contributed by atoms with Crippen molar-refractivity contribution in [2.75, 3.05) is 32.8 Å². The van der Waals surface area contributed by atoms with Crippen LogP contribution in [0.4, 0.5) is 0 Å². The van der Waals surface area contributed by atoms with Crippen molar-refractivity contribution < 1.29 is 9.53 Å². The lowest BCUT2D eigenvalue weighted by molar-refractivity contribution is -0.133. The highest BCUT2D eigenvalue weighted by Gasteiger charge is 2.22. The molecule has 0 radical (unpaired) electrons. The third kappa shape index (κ3) is 5.46. The Hall–Kier alpha value is -1.55. The minimum atomic E-state index is 0.368. The summed E-state index contributed by atoms with van der Waals surface area (Å²) in [7, 11) is 0. The number of amides is 1. The molecule has 2 aliphatic rings. The van der Waals surface area contributed by atoms with Crippen LogP contribution in [-0.4, -0.2) is 48.5 Å². The molecular weight excluding hydrogens is 312 g/mol. The van der Waals surface area contributed by atoms with Gasteiger partial charge in [-0.05, 0) is 37.0 Å². The number of benzene rings is 1. The zero-order valence-corrected chi connectivity index (χ0v) is 15.6. The van der Waals surface area contributed by atoms with Crippen molar-refractivity contribution in [1.82, 2.24) is 9.80 Å². The summed E-state index contributed by atoms with van der Waals surface area (Å²) >= 11 is 0. The number of ether oxygens (including phenoxy) is 1. The van der Waals surface area contributed by atoms with Crippen molar-refractivity contribution in [2.24, 2.45) is 5.92 Å². The summed E-state index contributed by atoms with van der Waals surface area (Å²) in [6.07, 6.45) is 7.26. The minimum Gasteiger partial charge on any atom is -0.494 e. The highest BCUT2D eigenvalue weighted by Crippen LogP contribution is 2.28. The molecular formula is C21H32N2O2. The predicted octanol–water partition coefficient (Wildman–Crippen LogP) is 3.70. The van der Waals surface area contributed by atoms with Crippen molar-refractivity contribution in [3.8, 4) is 5.75 Å². The van der Waals surface area contributed by atoms with Crippen molar-refractivity contribution >= 4 is 5.91 Å². The fraction of sp³-hybridized carbons (Fsp3) is 0.667. The van der Waals surface area contributed by atoms with Crippen LogP contribution in [0, 0.1) is 5.92 Å². The molecule has 3 rings (SSSR count). The molecule has 4 heteroatoms. The molecule has 138 valence electrons. The molecule has 0 aromatic heterocycles. The van der Waals surface area contributed by atoms with Gasteiger partial charge in [-0.2, -0.15) is 0 Å². The molecule has 2 fully saturated rings. The van der Waals surface area contributed by atoms with Crippen LogP contribution in [0.1, 0.15) is 51.0 Å². The molecule has 1 aliphatic carbocycles. The second-order valence-corrected chi connectivity index (χ2v) is 7.42. The number of nitrogens with zero attached hydrogens (tertiary/aromatic N) is 2. The lowest BCUT2D eigenvalue weighted by Crippen LogP contribution is -2.48. The topological polar surface area (TPSA) is 32.8 Å². The molecule has 1 aromatic carbocycles. The summed E-state index contributed by atoms with van der Waals surface area (Å²) in [6, 6.07) is 8.37. The predicted molar refractivity (Wildman–Crippen MR) is 101 cm³/mol. The quantitative estimate of drug-likeness (QED) is 0.756. The maximum Gasteiger partial charge on any atom is 0.222 e. The highest BCUT2D eigenvalue weighted by molar-refractivity contribution is 5.76. The summed E-state index contributed by atoms with van der Waals surface area (Å²) in [5.74, 6) is 2.11. The van der Waals surface area contributed by atoms with E-state index in [0.717, 1.165) is 57.2 Å². The van der Waals surface area contributed by atoms with Gasteiger partial charge in [-0.25, -0.2) is 0 Å². The number of hydrogen-bond donors (Lipinski definition) is 0. The van der Waals surface area contributed by atoms with E-state index in [4.69, 9.17) is 4.74 Å². The smallest absolute Gasteiger partial charge is 0.222 e. The van der Waals surface area contributed by atoms with E-state index in [1.165, 1.54) is 31.2 Å². The second kappa shape index (κ2) is 9.23. The molecule has 1 aliphatic heterocycles. The van der Waals surface area contributed by atoms with Crippen molar-refractivity contribution in [3.05, 3.63) is 29.8 Å². The van der Waals surface area contributed by atoms with Crippen molar-refractivity contribution in [3.63, 3.8) is 0 Å². The first-order valence-corrected chi connectivity index (χ1v) is 9.96. The Labute approximate surface area is 152 Å². The lowest BCUT2D eigenvalue weighted by atomic mass is 10.0. The molecule has 0 bridgehead atoms. The second-order valence-electron chi connectivity index (χ2n) is 7.42. The fourth-order valence-corrected chi connectivity index (χ4v) is 4.06. The lowest BCUT2D eigenvalue weighted by Gasteiger charge is -2.35. The largest absolute Gasteiger partial charge is 0.494 e. The molecule has 1 amide bonds. The number of hydrogen-bond acceptors (Lipinski definition) is 3. The maximum absolute atomic E-state index is 12.4. The molecule has 0 N–H and O–H groups in total. The van der Waals surface area contributed by atoms with E-state index in [9.17, 15) is 4.79 Å². The summed E-state index contributed by atoms with van der Waals surface area (Å²) < 4.78 is 5.49. The van der Waals surface area contributed by atoms with Crippen LogP contribution in [0.5, 0.6) is 5.75 Å². The van der Waals surface area contributed by atoms with Gasteiger partial charge in [0.15, 0.2) is 0 Å². The molecule has 1 heterocycles. The first kappa shape index (κ1) is 18.2. The fourth-order valence-electron chi connectivity index (χ4n) is 4.06. The van der Waals surface area contributed by atoms with Crippen molar-refractivity contribution in [1.29, 1.82) is 0 Å². The van der Waals surface area contributed by atoms with Crippen LogP contribution >= 0.6 is 0 Å². The standard InChI is InChI=1S/C21H32N2O2/c1-2-25-20-10-7-19(8-11-20)17-22-13-15-23(16-14-22)21(24)12-9-18-5-3-4-6-18/h7-8,10-11,18H,2-6,9,12-17H2,1H3. The minimum absolute atomic E-state index is 0.368. The Morgan fingerprint density at radius 3 is 2.40 bits per heavy atom. The van der Waals surface area contributed by atoms with Crippen LogP contribution in [0.3, 0.4) is 0 Å². The molecule has 25 heavy (non-hydrogen) atoms. The van der Waals surface area contributed by atoms with Gasteiger partial charge in [-0.15, -0.1) is 0 Å². The molecule has 1 aromatic rings. The number of carbonyl (C=O) groups excluding carboxylic acids is 1. The van der Waals surface area contributed by atoms with Gasteiger partial charge in [-0.1, -0.05) is 37.8 Å². The molecule has 1 saturated heterocycles. The zero-order valence-electron chi connectivity index (χ0n) is 15.6. The Balaban J connectivity index is 1.38. The first-order valence-electron chi connectivity index (χ1n) is 9.96. The summed E-state index contributed by atoms with van der Waals surface area (Å²) in [5.41, 5.74) is 1.31. The third-order valence-corrected chi connectivity index (χ3v) is 5.61. The summed E-state index contributed by atoms with van der Waals surface area (Å²) in [5, 5.41) is 0. The van der Waals surface area contributed by atoms with E-state index in [2.05, 4.69) is 21.9 Å². The van der Waals surface area contributed by atoms with Gasteiger partial charge in [0.1, 0.15) is 5.75 Å². The molecule has 4 nitrogen and oxygen atoms in total. The van der Waals surface area contributed by atoms with Gasteiger partial charge in [0, 0.05) is 39.1 Å². The van der Waals surface area contributed by atoms with E-state index in [0.29, 0.717) is 12.5 Å². The van der Waals surface area contributed by atoms with Gasteiger partial charge in [-0.3, -0.25) is 9.69 Å². The Kier molecular flexibility index (Phi) is 6.74. The van der Waals surface area contributed by atoms with Crippen LogP contribution < -0.4 is 4.74 Å². The zero-order chi connectivity index (χ0) is 17.5. The van der Waals surface area contributed by atoms with E-state index >= 15 is 0 Å². The monoisotopic (exact) mass is 344 g/mol. The van der Waals surface area contributed by atoms with E-state index in [1.807, 2.05) is 19.1 Å². The van der Waals surface area contributed by atoms with Crippen molar-refractivity contribution in [2.45, 2.75) is 52.0 Å². The average Bonchev–Trinajstić information content (AvgIpc) is 3.16. The van der Waals surface area contributed by atoms with Gasteiger partial charge >= 0.3 is 0 Å². The average molecular weight is 344 g/mol. The Morgan fingerprint density at radius 2 is 1.76 bits per heavy atom. The van der Waals surface area contributed by atoms with Crippen LogP contribution in [0.25, 0.3) is 0 Å². The molecule has 0 atom stereocenters. The maximum atomic E-state index is 12.4. The Morgan fingerprint density at radius 1 is 1.08 bits per heavy atom.